The lowest BCUT2D eigenvalue weighted by Gasteiger charge is -2.06. The van der Waals surface area contributed by atoms with Crippen LogP contribution in [0.15, 0.2) is 17.7 Å². The third-order valence-electron chi connectivity index (χ3n) is 2.35. The molecule has 0 aromatic heterocycles. The summed E-state index contributed by atoms with van der Waals surface area (Å²) in [4.78, 5) is 21.9. The average molecular weight is 288 g/mol. The van der Waals surface area contributed by atoms with Gasteiger partial charge in [-0.3, -0.25) is 4.79 Å². The minimum Gasteiger partial charge on any atom is -0.463 e. The number of carbonyl (C=O) groups is 1. The van der Waals surface area contributed by atoms with E-state index >= 15 is 0 Å². The fraction of sp³-hybridized carbons (Fsp3) is 0.308. The number of hydrogen-bond acceptors (Lipinski definition) is 4. The van der Waals surface area contributed by atoms with Gasteiger partial charge < -0.3 is 9.84 Å². The van der Waals surface area contributed by atoms with Crippen molar-refractivity contribution in [1.29, 1.82) is 0 Å². The number of benzene rings is 1. The van der Waals surface area contributed by atoms with Gasteiger partial charge in [0.15, 0.2) is 11.6 Å². The van der Waals surface area contributed by atoms with Gasteiger partial charge in [0.2, 0.25) is 0 Å². The highest BCUT2D eigenvalue weighted by atomic mass is 19.2. The van der Waals surface area contributed by atoms with Crippen LogP contribution in [0, 0.1) is 17.5 Å². The highest BCUT2D eigenvalue weighted by Gasteiger charge is 2.14. The zero-order chi connectivity index (χ0) is 15.1. The van der Waals surface area contributed by atoms with Crippen LogP contribution >= 0.6 is 0 Å². The molecule has 0 aliphatic rings. The first-order chi connectivity index (χ1) is 9.47. The highest BCUT2D eigenvalue weighted by molar-refractivity contribution is 5.76. The number of aliphatic hydroxyl groups is 1. The second-order valence-corrected chi connectivity index (χ2v) is 3.86. The van der Waals surface area contributed by atoms with E-state index in [9.17, 15) is 22.8 Å². The minimum atomic E-state index is -1.34. The van der Waals surface area contributed by atoms with Crippen LogP contribution in [0.4, 0.5) is 13.2 Å². The van der Waals surface area contributed by atoms with E-state index in [0.29, 0.717) is 12.1 Å². The van der Waals surface area contributed by atoms with Crippen LogP contribution in [0.1, 0.15) is 12.0 Å². The van der Waals surface area contributed by atoms with E-state index in [1.54, 1.807) is 0 Å². The highest BCUT2D eigenvalue weighted by Crippen LogP contribution is 2.17. The van der Waals surface area contributed by atoms with Gasteiger partial charge in [0.05, 0.1) is 13.0 Å². The molecule has 1 N–H and O–H groups in total. The van der Waals surface area contributed by atoms with Gasteiger partial charge in [-0.2, -0.15) is 0 Å². The maximum Gasteiger partial charge on any atom is 0.310 e. The molecule has 108 valence electrons. The van der Waals surface area contributed by atoms with Crippen LogP contribution in [-0.2, 0) is 20.7 Å². The van der Waals surface area contributed by atoms with Crippen LogP contribution in [0.5, 0.6) is 0 Å². The van der Waals surface area contributed by atoms with Crippen LogP contribution in [-0.4, -0.2) is 30.2 Å². The molecule has 7 heteroatoms. The van der Waals surface area contributed by atoms with Crippen LogP contribution in [0.2, 0.25) is 0 Å². The molecule has 0 radical (unpaired) electrons. The standard InChI is InChI=1S/C13H11F3O4/c14-10-6-12(16)11(15)5-9(10)3-8(7-18)4-13(19)20-2-1-17/h5-6,17H,1-4H2. The number of aliphatic hydroxyl groups excluding tert-OH is 1. The fourth-order valence-electron chi connectivity index (χ4n) is 1.45. The number of halogens is 3. The van der Waals surface area contributed by atoms with Crippen LogP contribution in [0.25, 0.3) is 0 Å². The zero-order valence-electron chi connectivity index (χ0n) is 10.3. The number of esters is 1. The predicted molar refractivity (Wildman–Crippen MR) is 61.9 cm³/mol. The summed E-state index contributed by atoms with van der Waals surface area (Å²) < 4.78 is 43.6. The molecule has 4 nitrogen and oxygen atoms in total. The predicted octanol–water partition coefficient (Wildman–Crippen LogP) is 1.33. The Morgan fingerprint density at radius 3 is 2.45 bits per heavy atom. The van der Waals surface area contributed by atoms with Gasteiger partial charge in [-0.25, -0.2) is 18.0 Å². The van der Waals surface area contributed by atoms with Gasteiger partial charge in [-0.05, 0) is 11.6 Å². The molecule has 0 saturated heterocycles. The molecule has 0 atom stereocenters. The SMILES string of the molecule is O=C=C(CC(=O)OCCO)Cc1cc(F)c(F)cc1F. The molecule has 1 aromatic rings. The van der Waals surface area contributed by atoms with Crippen molar-refractivity contribution in [3.8, 4) is 0 Å². The first-order valence-corrected chi connectivity index (χ1v) is 5.60. The fourth-order valence-corrected chi connectivity index (χ4v) is 1.45. The van der Waals surface area contributed by atoms with Gasteiger partial charge in [0.25, 0.3) is 0 Å². The lowest BCUT2D eigenvalue weighted by molar-refractivity contribution is -0.143. The van der Waals surface area contributed by atoms with Crippen molar-refractivity contribution in [2.75, 3.05) is 13.2 Å². The maximum absolute atomic E-state index is 13.4. The largest absolute Gasteiger partial charge is 0.463 e. The molecule has 0 fully saturated rings. The van der Waals surface area contributed by atoms with Crippen molar-refractivity contribution in [3.63, 3.8) is 0 Å². The summed E-state index contributed by atoms with van der Waals surface area (Å²) in [5.74, 6) is -2.99. The smallest absolute Gasteiger partial charge is 0.310 e. The summed E-state index contributed by atoms with van der Waals surface area (Å²) in [6.45, 7) is -0.603. The van der Waals surface area contributed by atoms with Crippen LogP contribution < -0.4 is 0 Å². The van der Waals surface area contributed by atoms with Gasteiger partial charge in [-0.1, -0.05) is 0 Å². The third-order valence-corrected chi connectivity index (χ3v) is 2.35. The molecule has 0 amide bonds. The zero-order valence-corrected chi connectivity index (χ0v) is 10.3. The molecule has 0 heterocycles. The first kappa shape index (κ1) is 15.9. The summed E-state index contributed by atoms with van der Waals surface area (Å²) >= 11 is 0. The van der Waals surface area contributed by atoms with E-state index in [4.69, 9.17) is 5.11 Å². The van der Waals surface area contributed by atoms with E-state index in [1.165, 1.54) is 5.94 Å². The number of hydrogen-bond donors (Lipinski definition) is 1. The van der Waals surface area contributed by atoms with E-state index in [1.807, 2.05) is 0 Å². The van der Waals surface area contributed by atoms with Gasteiger partial charge in [0.1, 0.15) is 18.4 Å². The molecule has 0 unspecified atom stereocenters. The lowest BCUT2D eigenvalue weighted by Crippen LogP contribution is -2.10. The van der Waals surface area contributed by atoms with Crippen molar-refractivity contribution >= 4 is 11.9 Å². The Hall–Kier alpha value is -2.11. The van der Waals surface area contributed by atoms with Crippen LogP contribution in [0.3, 0.4) is 0 Å². The Morgan fingerprint density at radius 1 is 1.20 bits per heavy atom. The van der Waals surface area contributed by atoms with Crippen molar-refractivity contribution < 1.29 is 32.6 Å². The Balaban J connectivity index is 2.77. The summed E-state index contributed by atoms with van der Waals surface area (Å²) in [5, 5.41) is 8.45. The molecule has 0 saturated carbocycles. The lowest BCUT2D eigenvalue weighted by atomic mass is 10.0. The third kappa shape index (κ3) is 4.53. The molecule has 0 aliphatic carbocycles. The van der Waals surface area contributed by atoms with E-state index in [2.05, 4.69) is 4.74 Å². The van der Waals surface area contributed by atoms with Crippen molar-refractivity contribution in [3.05, 3.63) is 40.7 Å². The molecule has 0 bridgehead atoms. The van der Waals surface area contributed by atoms with Gasteiger partial charge in [-0.15, -0.1) is 0 Å². The van der Waals surface area contributed by atoms with E-state index in [0.717, 1.165) is 0 Å². The Labute approximate surface area is 112 Å². The molecule has 1 rings (SSSR count). The normalized spacial score (nSPS) is 10.0. The molecule has 0 spiro atoms. The van der Waals surface area contributed by atoms with E-state index < -0.39 is 29.8 Å². The average Bonchev–Trinajstić information content (AvgIpc) is 2.41. The van der Waals surface area contributed by atoms with Crippen molar-refractivity contribution in [2.24, 2.45) is 0 Å². The van der Waals surface area contributed by atoms with Gasteiger partial charge >= 0.3 is 5.97 Å². The van der Waals surface area contributed by atoms with Gasteiger partial charge in [0, 0.05) is 18.1 Å². The second-order valence-electron chi connectivity index (χ2n) is 3.86. The first-order valence-electron chi connectivity index (χ1n) is 5.60. The summed E-state index contributed by atoms with van der Waals surface area (Å²) in [6.07, 6.45) is -0.858. The molecule has 0 aliphatic heterocycles. The quantitative estimate of drug-likeness (QED) is 0.487. The second kappa shape index (κ2) is 7.47. The molecular weight excluding hydrogens is 277 g/mol. The van der Waals surface area contributed by atoms with Crippen molar-refractivity contribution in [1.82, 2.24) is 0 Å². The molecule has 20 heavy (non-hydrogen) atoms. The minimum absolute atomic E-state index is 0.169. The molecule has 1 aromatic carbocycles. The maximum atomic E-state index is 13.4. The monoisotopic (exact) mass is 288 g/mol. The molecular formula is C13H11F3O4. The number of ether oxygens (including phenoxy) is 1. The summed E-state index contributed by atoms with van der Waals surface area (Å²) in [6, 6.07) is 0.970. The topological polar surface area (TPSA) is 63.6 Å². The number of carbonyl (C=O) groups excluding carboxylic acids is 2. The van der Waals surface area contributed by atoms with Crippen molar-refractivity contribution in [2.45, 2.75) is 12.8 Å². The number of rotatable bonds is 6. The Morgan fingerprint density at radius 2 is 1.85 bits per heavy atom. The van der Waals surface area contributed by atoms with E-state index in [-0.39, 0.29) is 30.8 Å². The Kier molecular flexibility index (Phi) is 5.96. The summed E-state index contributed by atoms with van der Waals surface area (Å²) in [5.41, 5.74) is -0.435. The Bertz CT molecular complexity index is 551. The summed E-state index contributed by atoms with van der Waals surface area (Å²) in [7, 11) is 0.